The number of ether oxygens (including phenoxy) is 2. The molecule has 0 radical (unpaired) electrons. The van der Waals surface area contributed by atoms with Crippen LogP contribution in [0.3, 0.4) is 0 Å². The van der Waals surface area contributed by atoms with E-state index in [2.05, 4.69) is 5.32 Å². The number of hydrogen-bond acceptors (Lipinski definition) is 5. The first-order chi connectivity index (χ1) is 15.4. The van der Waals surface area contributed by atoms with Gasteiger partial charge in [-0.05, 0) is 73.5 Å². The van der Waals surface area contributed by atoms with Crippen LogP contribution in [0.2, 0.25) is 0 Å². The predicted octanol–water partition coefficient (Wildman–Crippen LogP) is 5.31. The highest BCUT2D eigenvalue weighted by Gasteiger charge is 2.23. The van der Waals surface area contributed by atoms with Gasteiger partial charge < -0.3 is 19.2 Å². The Bertz CT molecular complexity index is 1270. The Morgan fingerprint density at radius 1 is 0.906 bits per heavy atom. The molecule has 0 aliphatic carbocycles. The van der Waals surface area contributed by atoms with Crippen LogP contribution in [0.1, 0.15) is 27.2 Å². The van der Waals surface area contributed by atoms with Gasteiger partial charge in [-0.25, -0.2) is 0 Å². The number of fused-ring (bicyclic) bond motifs is 1. The molecule has 0 spiro atoms. The number of benzene rings is 3. The number of para-hydroxylation sites is 1. The fraction of sp³-hybridized carbons (Fsp3) is 0.154. The molecule has 1 N–H and O–H groups in total. The maximum atomic E-state index is 13.2. The first-order valence-electron chi connectivity index (χ1n) is 10.2. The second-order valence-electron chi connectivity index (χ2n) is 7.52. The lowest BCUT2D eigenvalue weighted by Gasteiger charge is -2.09. The average molecular weight is 429 g/mol. The molecule has 6 nitrogen and oxygen atoms in total. The fourth-order valence-electron chi connectivity index (χ4n) is 3.54. The van der Waals surface area contributed by atoms with E-state index in [1.165, 1.54) is 0 Å². The molecule has 0 saturated carbocycles. The lowest BCUT2D eigenvalue weighted by molar-refractivity contribution is -0.118. The molecule has 0 fully saturated rings. The van der Waals surface area contributed by atoms with Gasteiger partial charge in [0.2, 0.25) is 5.78 Å². The quantitative estimate of drug-likeness (QED) is 0.403. The molecule has 162 valence electrons. The normalized spacial score (nSPS) is 10.7. The molecule has 4 rings (SSSR count). The van der Waals surface area contributed by atoms with Crippen LogP contribution < -0.4 is 14.8 Å². The van der Waals surface area contributed by atoms with E-state index in [0.717, 1.165) is 11.1 Å². The summed E-state index contributed by atoms with van der Waals surface area (Å²) >= 11 is 0. The first kappa shape index (κ1) is 21.2. The van der Waals surface area contributed by atoms with E-state index in [4.69, 9.17) is 13.9 Å². The molecule has 0 bridgehead atoms. The molecule has 0 unspecified atom stereocenters. The Hall–Kier alpha value is -4.06. The van der Waals surface area contributed by atoms with Crippen LogP contribution in [-0.2, 0) is 4.79 Å². The monoisotopic (exact) mass is 429 g/mol. The molecule has 0 atom stereocenters. The fourth-order valence-corrected chi connectivity index (χ4v) is 3.54. The van der Waals surface area contributed by atoms with Gasteiger partial charge in [0.15, 0.2) is 12.4 Å². The third-order valence-electron chi connectivity index (χ3n) is 4.98. The molecule has 6 heteroatoms. The van der Waals surface area contributed by atoms with Crippen molar-refractivity contribution in [2.45, 2.75) is 13.8 Å². The number of anilines is 1. The Kier molecular flexibility index (Phi) is 5.94. The summed E-state index contributed by atoms with van der Waals surface area (Å²) in [4.78, 5) is 25.8. The van der Waals surface area contributed by atoms with Crippen LogP contribution in [0, 0.1) is 13.8 Å². The smallest absolute Gasteiger partial charge is 0.262 e. The number of furan rings is 1. The minimum atomic E-state index is -0.389. The largest absolute Gasteiger partial charge is 0.497 e. The van der Waals surface area contributed by atoms with Crippen LogP contribution >= 0.6 is 0 Å². The van der Waals surface area contributed by atoms with Crippen molar-refractivity contribution in [1.82, 2.24) is 0 Å². The number of ketones is 1. The molecule has 1 aromatic heterocycles. The van der Waals surface area contributed by atoms with E-state index < -0.39 is 0 Å². The molecule has 4 aromatic rings. The Morgan fingerprint density at radius 2 is 1.59 bits per heavy atom. The minimum Gasteiger partial charge on any atom is -0.497 e. The van der Waals surface area contributed by atoms with Crippen molar-refractivity contribution < 1.29 is 23.5 Å². The number of aryl methyl sites for hydroxylation is 2. The van der Waals surface area contributed by atoms with E-state index in [0.29, 0.717) is 33.7 Å². The van der Waals surface area contributed by atoms with Crippen molar-refractivity contribution in [1.29, 1.82) is 0 Å². The highest BCUT2D eigenvalue weighted by molar-refractivity contribution is 6.17. The van der Waals surface area contributed by atoms with Crippen molar-refractivity contribution in [3.8, 4) is 11.5 Å². The van der Waals surface area contributed by atoms with E-state index in [1.807, 2.05) is 44.2 Å². The second-order valence-corrected chi connectivity index (χ2v) is 7.52. The predicted molar refractivity (Wildman–Crippen MR) is 123 cm³/mol. The summed E-state index contributed by atoms with van der Waals surface area (Å²) in [6.45, 7) is 3.74. The topological polar surface area (TPSA) is 77.8 Å². The number of carbonyl (C=O) groups is 2. The zero-order valence-corrected chi connectivity index (χ0v) is 18.1. The van der Waals surface area contributed by atoms with Crippen LogP contribution in [0.15, 0.2) is 71.1 Å². The summed E-state index contributed by atoms with van der Waals surface area (Å²) in [5.41, 5.74) is 3.36. The summed E-state index contributed by atoms with van der Waals surface area (Å²) in [5, 5.41) is 3.45. The van der Waals surface area contributed by atoms with Gasteiger partial charge in [0.25, 0.3) is 5.91 Å². The maximum absolute atomic E-state index is 13.2. The third kappa shape index (κ3) is 4.49. The van der Waals surface area contributed by atoms with Crippen LogP contribution in [0.5, 0.6) is 11.5 Å². The summed E-state index contributed by atoms with van der Waals surface area (Å²) in [7, 11) is 1.56. The van der Waals surface area contributed by atoms with Gasteiger partial charge in [0.05, 0.1) is 12.8 Å². The summed E-state index contributed by atoms with van der Waals surface area (Å²) in [5.74, 6) is 0.595. The molecule has 3 aromatic carbocycles. The third-order valence-corrected chi connectivity index (χ3v) is 4.98. The van der Waals surface area contributed by atoms with Crippen molar-refractivity contribution in [2.24, 2.45) is 0 Å². The van der Waals surface area contributed by atoms with E-state index in [-0.39, 0.29) is 24.1 Å². The number of amides is 1. The van der Waals surface area contributed by atoms with Gasteiger partial charge in [0.1, 0.15) is 17.1 Å². The summed E-state index contributed by atoms with van der Waals surface area (Å²) in [6, 6.07) is 19.7. The van der Waals surface area contributed by atoms with Gasteiger partial charge in [-0.15, -0.1) is 0 Å². The lowest BCUT2D eigenvalue weighted by Crippen LogP contribution is -2.21. The number of hydrogen-bond donors (Lipinski definition) is 1. The second kappa shape index (κ2) is 8.98. The van der Waals surface area contributed by atoms with Crippen LogP contribution in [0.4, 0.5) is 5.69 Å². The highest BCUT2D eigenvalue weighted by atomic mass is 16.5. The molecule has 0 aliphatic rings. The van der Waals surface area contributed by atoms with E-state index in [9.17, 15) is 9.59 Å². The molecule has 1 heterocycles. The molecule has 0 aliphatic heterocycles. The average Bonchev–Trinajstić information content (AvgIpc) is 3.15. The van der Waals surface area contributed by atoms with Crippen LogP contribution in [0.25, 0.3) is 11.0 Å². The zero-order valence-electron chi connectivity index (χ0n) is 18.1. The van der Waals surface area contributed by atoms with Gasteiger partial charge in [0, 0.05) is 10.9 Å². The molecule has 1 amide bonds. The molecular formula is C26H23NO5. The highest BCUT2D eigenvalue weighted by Crippen LogP contribution is 2.32. The summed E-state index contributed by atoms with van der Waals surface area (Å²) in [6.07, 6.45) is 0. The van der Waals surface area contributed by atoms with E-state index >= 15 is 0 Å². The Balaban J connectivity index is 1.59. The van der Waals surface area contributed by atoms with Crippen molar-refractivity contribution in [2.75, 3.05) is 19.0 Å². The van der Waals surface area contributed by atoms with Crippen molar-refractivity contribution in [3.63, 3.8) is 0 Å². The molecular weight excluding hydrogens is 406 g/mol. The molecule has 32 heavy (non-hydrogen) atoms. The molecule has 0 saturated heterocycles. The van der Waals surface area contributed by atoms with Gasteiger partial charge in [-0.1, -0.05) is 18.2 Å². The van der Waals surface area contributed by atoms with E-state index in [1.54, 1.807) is 43.5 Å². The van der Waals surface area contributed by atoms with Gasteiger partial charge >= 0.3 is 0 Å². The Morgan fingerprint density at radius 3 is 2.28 bits per heavy atom. The number of nitrogens with one attached hydrogen (secondary N) is 1. The van der Waals surface area contributed by atoms with Gasteiger partial charge in [-0.2, -0.15) is 0 Å². The van der Waals surface area contributed by atoms with Gasteiger partial charge in [-0.3, -0.25) is 9.59 Å². The maximum Gasteiger partial charge on any atom is 0.262 e. The lowest BCUT2D eigenvalue weighted by atomic mass is 10.1. The SMILES string of the molecule is COc1ccc(C(=O)c2oc3ccccc3c2NC(=O)COc2cc(C)cc(C)c2)cc1. The minimum absolute atomic E-state index is 0.0658. The standard InChI is InChI=1S/C26H23NO5/c1-16-12-17(2)14-20(13-16)31-15-23(28)27-24-21-6-4-5-7-22(21)32-26(24)25(29)18-8-10-19(30-3)11-9-18/h4-14H,15H2,1-3H3,(H,27,28). The van der Waals surface area contributed by atoms with Crippen LogP contribution in [-0.4, -0.2) is 25.4 Å². The summed E-state index contributed by atoms with van der Waals surface area (Å²) < 4.78 is 16.6. The number of methoxy groups -OCH3 is 1. The van der Waals surface area contributed by atoms with Crippen molar-refractivity contribution >= 4 is 28.3 Å². The van der Waals surface area contributed by atoms with Crippen molar-refractivity contribution in [3.05, 3.63) is 89.2 Å². The zero-order chi connectivity index (χ0) is 22.7. The Labute approximate surface area is 185 Å². The first-order valence-corrected chi connectivity index (χ1v) is 10.2. The number of carbonyl (C=O) groups excluding carboxylic acids is 2. The number of rotatable bonds is 7.